The summed E-state index contributed by atoms with van der Waals surface area (Å²) >= 11 is 0. The number of nitrogens with two attached hydrogens (primary N) is 1. The van der Waals surface area contributed by atoms with Crippen molar-refractivity contribution in [3.05, 3.63) is 163 Å². The molecule has 2 aromatic carbocycles. The van der Waals surface area contributed by atoms with Crippen molar-refractivity contribution in [3.8, 4) is 0 Å². The Hall–Kier alpha value is -7.96. The number of benzene rings is 2. The number of fused-ring (bicyclic) bond motifs is 4. The summed E-state index contributed by atoms with van der Waals surface area (Å²) in [7, 11) is 0. The van der Waals surface area contributed by atoms with Gasteiger partial charge in [-0.2, -0.15) is 0 Å². The zero-order valence-corrected chi connectivity index (χ0v) is 34.6. The average molecular weight is 879 g/mol. The van der Waals surface area contributed by atoms with Crippen molar-refractivity contribution in [1.29, 1.82) is 0 Å². The highest BCUT2D eigenvalue weighted by molar-refractivity contribution is 5.84. The van der Waals surface area contributed by atoms with Crippen LogP contribution in [0.5, 0.6) is 0 Å². The summed E-state index contributed by atoms with van der Waals surface area (Å²) in [4.78, 5) is 40.8. The maximum Gasteiger partial charge on any atom is 0.196 e. The van der Waals surface area contributed by atoms with Gasteiger partial charge in [-0.3, -0.25) is 9.97 Å². The van der Waals surface area contributed by atoms with E-state index in [2.05, 4.69) is 72.4 Å². The summed E-state index contributed by atoms with van der Waals surface area (Å²) < 4.78 is 38.8. The Morgan fingerprint density at radius 3 is 1.68 bits per heavy atom. The Labute approximate surface area is 372 Å². The molecule has 10 aromatic rings. The fourth-order valence-electron chi connectivity index (χ4n) is 6.55. The van der Waals surface area contributed by atoms with Crippen molar-refractivity contribution >= 4 is 62.0 Å². The number of pyridine rings is 4. The lowest BCUT2D eigenvalue weighted by molar-refractivity contribution is 0.514. The molecule has 0 unspecified atom stereocenters. The SMILES string of the molecule is C.C=Cc1nc2ccccc2[nH]1.Fc1cccnc1CNc1nccc2oc(CCNCCc3nc4ccccc4[nH]3)nc12.NCCc1nc2c(NCc3ncccc3F)nccc2o1. The van der Waals surface area contributed by atoms with Gasteiger partial charge in [0, 0.05) is 75.8 Å². The highest BCUT2D eigenvalue weighted by atomic mass is 19.1. The Morgan fingerprint density at radius 2 is 1.14 bits per heavy atom. The molecule has 10 rings (SSSR count). The van der Waals surface area contributed by atoms with E-state index in [1.165, 1.54) is 12.1 Å². The summed E-state index contributed by atoms with van der Waals surface area (Å²) in [5.74, 6) is 3.33. The van der Waals surface area contributed by atoms with Gasteiger partial charge < -0.3 is 40.5 Å². The number of aromatic amines is 2. The van der Waals surface area contributed by atoms with Gasteiger partial charge in [0.15, 0.2) is 45.6 Å². The molecule has 8 heterocycles. The number of imidazole rings is 2. The molecule has 0 radical (unpaired) electrons. The molecule has 0 aliphatic rings. The van der Waals surface area contributed by atoms with Crippen LogP contribution in [0.25, 0.3) is 50.3 Å². The molecule has 0 saturated heterocycles. The van der Waals surface area contributed by atoms with Crippen LogP contribution in [-0.2, 0) is 32.4 Å². The van der Waals surface area contributed by atoms with Crippen LogP contribution < -0.4 is 21.7 Å². The van der Waals surface area contributed by atoms with Gasteiger partial charge in [-0.1, -0.05) is 38.3 Å². The van der Waals surface area contributed by atoms with E-state index in [0.717, 1.165) is 53.2 Å². The largest absolute Gasteiger partial charge is 0.440 e. The molecule has 332 valence electrons. The number of rotatable bonds is 15. The summed E-state index contributed by atoms with van der Waals surface area (Å²) in [6.45, 7) is 6.05. The predicted octanol–water partition coefficient (Wildman–Crippen LogP) is 8.33. The standard InChI is InChI=1S/C23H22FN7O.C14H14FN5O.C9H8N2.CH4/c24-15-4-3-10-26-18(15)14-28-23-22-19(7-13-27-23)32-21(31-22)9-12-25-11-8-20-29-16-5-1-2-6-17(16)30-20;15-9-2-1-6-17-10(9)8-19-14-13-11(4-7-18-14)21-12(20-13)3-5-16;1-2-9-10-7-5-3-4-6-8(7)11-9;/h1-7,10,13,25H,8-9,11-12,14H2,(H,27,28)(H,29,30);1-2,4,6-7H,3,5,8,16H2,(H,18,19);2-6H,1H2,(H,10,11);1H4. The maximum atomic E-state index is 13.8. The second-order valence-electron chi connectivity index (χ2n) is 14.1. The molecule has 65 heavy (non-hydrogen) atoms. The van der Waals surface area contributed by atoms with Gasteiger partial charge in [0.25, 0.3) is 0 Å². The smallest absolute Gasteiger partial charge is 0.196 e. The van der Waals surface area contributed by atoms with Crippen LogP contribution in [0.4, 0.5) is 20.4 Å². The zero-order valence-electron chi connectivity index (χ0n) is 34.6. The number of hydrogen-bond donors (Lipinski definition) is 6. The van der Waals surface area contributed by atoms with E-state index >= 15 is 0 Å². The van der Waals surface area contributed by atoms with E-state index in [-0.39, 0.29) is 32.2 Å². The van der Waals surface area contributed by atoms with E-state index in [1.54, 1.807) is 55.1 Å². The van der Waals surface area contributed by atoms with E-state index in [9.17, 15) is 8.78 Å². The van der Waals surface area contributed by atoms with Crippen molar-refractivity contribution in [2.24, 2.45) is 5.73 Å². The Balaban J connectivity index is 0.000000163. The molecule has 8 aromatic heterocycles. The molecule has 0 atom stereocenters. The number of H-pyrrole nitrogens is 2. The third-order valence-corrected chi connectivity index (χ3v) is 9.67. The molecule has 0 bridgehead atoms. The highest BCUT2D eigenvalue weighted by Gasteiger charge is 2.14. The number of aromatic nitrogens is 10. The topological polar surface area (TPSA) is 223 Å². The molecule has 0 fully saturated rings. The summed E-state index contributed by atoms with van der Waals surface area (Å²) in [6.07, 6.45) is 10.1. The van der Waals surface area contributed by atoms with E-state index in [4.69, 9.17) is 14.6 Å². The quantitative estimate of drug-likeness (QED) is 0.0533. The molecule has 0 spiro atoms. The molecule has 18 heteroatoms. The van der Waals surface area contributed by atoms with Crippen molar-refractivity contribution in [1.82, 2.24) is 55.2 Å². The first kappa shape index (κ1) is 45.1. The molecular weight excluding hydrogens is 831 g/mol. The molecular formula is C47H48F2N14O2. The van der Waals surface area contributed by atoms with Crippen molar-refractivity contribution in [2.45, 2.75) is 39.8 Å². The minimum atomic E-state index is -0.360. The average Bonchev–Trinajstić information content (AvgIpc) is 4.13. The van der Waals surface area contributed by atoms with Crippen molar-refractivity contribution in [2.75, 3.05) is 30.3 Å². The van der Waals surface area contributed by atoms with Crippen molar-refractivity contribution < 1.29 is 17.6 Å². The summed E-state index contributed by atoms with van der Waals surface area (Å²) in [5, 5.41) is 9.53. The number of para-hydroxylation sites is 4. The van der Waals surface area contributed by atoms with Gasteiger partial charge in [0.1, 0.15) is 23.3 Å². The van der Waals surface area contributed by atoms with Crippen molar-refractivity contribution in [3.63, 3.8) is 0 Å². The van der Waals surface area contributed by atoms with Gasteiger partial charge in [-0.15, -0.1) is 0 Å². The molecule has 7 N–H and O–H groups in total. The second-order valence-corrected chi connectivity index (χ2v) is 14.1. The minimum Gasteiger partial charge on any atom is -0.440 e. The monoisotopic (exact) mass is 878 g/mol. The molecule has 0 saturated carbocycles. The number of halogens is 2. The fraction of sp³-hybridized carbons (Fsp3) is 0.191. The molecule has 0 aliphatic heterocycles. The van der Waals surface area contributed by atoms with E-state index < -0.39 is 0 Å². The number of anilines is 2. The Bertz CT molecular complexity index is 3040. The Kier molecular flexibility index (Phi) is 15.2. The molecule has 16 nitrogen and oxygen atoms in total. The maximum absolute atomic E-state index is 13.8. The van der Waals surface area contributed by atoms with Crippen LogP contribution in [0, 0.1) is 11.6 Å². The third kappa shape index (κ3) is 11.5. The molecule has 0 aliphatic carbocycles. The van der Waals surface area contributed by atoms with Gasteiger partial charge in [0.2, 0.25) is 0 Å². The number of nitrogens with zero attached hydrogens (tertiary/aromatic N) is 8. The highest BCUT2D eigenvalue weighted by Crippen LogP contribution is 2.24. The van der Waals surface area contributed by atoms with E-state index in [1.807, 2.05) is 48.5 Å². The first-order chi connectivity index (χ1) is 31.4. The Morgan fingerprint density at radius 1 is 0.600 bits per heavy atom. The van der Waals surface area contributed by atoms with Gasteiger partial charge in [-0.25, -0.2) is 38.7 Å². The summed E-state index contributed by atoms with van der Waals surface area (Å²) in [6, 6.07) is 25.3. The lowest BCUT2D eigenvalue weighted by atomic mass is 10.3. The first-order valence-electron chi connectivity index (χ1n) is 20.5. The van der Waals surface area contributed by atoms with Crippen LogP contribution in [0.15, 0.2) is 125 Å². The van der Waals surface area contributed by atoms with E-state index in [0.29, 0.717) is 76.4 Å². The van der Waals surface area contributed by atoms with Crippen LogP contribution in [0.1, 0.15) is 42.2 Å². The fourth-order valence-corrected chi connectivity index (χ4v) is 6.55. The van der Waals surface area contributed by atoms with Crippen LogP contribution in [0.2, 0.25) is 0 Å². The first-order valence-corrected chi connectivity index (χ1v) is 20.5. The zero-order chi connectivity index (χ0) is 44.1. The predicted molar refractivity (Wildman–Crippen MR) is 249 cm³/mol. The lowest BCUT2D eigenvalue weighted by Gasteiger charge is -2.05. The van der Waals surface area contributed by atoms with Gasteiger partial charge in [-0.05, 0) is 54.6 Å². The number of oxazole rings is 2. The number of hydrogen-bond acceptors (Lipinski definition) is 14. The summed E-state index contributed by atoms with van der Waals surface area (Å²) in [5.41, 5.74) is 12.7. The molecule has 0 amide bonds. The van der Waals surface area contributed by atoms with Crippen LogP contribution in [0.3, 0.4) is 0 Å². The number of nitrogens with one attached hydrogen (secondary N) is 5. The second kappa shape index (κ2) is 21.9. The van der Waals surface area contributed by atoms with Crippen LogP contribution in [-0.4, -0.2) is 69.5 Å². The van der Waals surface area contributed by atoms with Gasteiger partial charge >= 0.3 is 0 Å². The normalized spacial score (nSPS) is 10.9. The van der Waals surface area contributed by atoms with Gasteiger partial charge in [0.05, 0.1) is 46.5 Å². The van der Waals surface area contributed by atoms with Crippen LogP contribution >= 0.6 is 0 Å². The lowest BCUT2D eigenvalue weighted by Crippen LogP contribution is -2.20. The minimum absolute atomic E-state index is 0. The third-order valence-electron chi connectivity index (χ3n) is 9.67.